The predicted molar refractivity (Wildman–Crippen MR) is 78.7 cm³/mol. The second-order valence-electron chi connectivity index (χ2n) is 4.76. The molecule has 114 valence electrons. The van der Waals surface area contributed by atoms with Gasteiger partial charge in [-0.05, 0) is 24.6 Å². The number of carbonyl (C=O) groups is 1. The van der Waals surface area contributed by atoms with Gasteiger partial charge in [-0.2, -0.15) is 0 Å². The predicted octanol–water partition coefficient (Wildman–Crippen LogP) is 0.976. The molecule has 0 aliphatic carbocycles. The highest BCUT2D eigenvalue weighted by Crippen LogP contribution is 2.19. The van der Waals surface area contributed by atoms with E-state index in [1.807, 2.05) is 11.5 Å². The molecule has 0 fully saturated rings. The Morgan fingerprint density at radius 2 is 2.14 bits per heavy atom. The molecule has 0 aliphatic rings. The van der Waals surface area contributed by atoms with Crippen molar-refractivity contribution >= 4 is 27.0 Å². The molecule has 0 spiro atoms. The molecular weight excluding hydrogens is 294 g/mol. The molecule has 0 radical (unpaired) electrons. The van der Waals surface area contributed by atoms with Gasteiger partial charge in [0.25, 0.3) is 0 Å². The molecule has 0 bridgehead atoms. The zero-order chi connectivity index (χ0) is 15.6. The lowest BCUT2D eigenvalue weighted by molar-refractivity contribution is 0.0697. The van der Waals surface area contributed by atoms with Crippen LogP contribution in [0.5, 0.6) is 0 Å². The molecule has 0 atom stereocenters. The van der Waals surface area contributed by atoms with E-state index in [0.717, 1.165) is 11.3 Å². The van der Waals surface area contributed by atoms with Crippen LogP contribution in [0.15, 0.2) is 18.2 Å². The number of fused-ring (bicyclic) bond motifs is 1. The van der Waals surface area contributed by atoms with Crippen LogP contribution in [0.1, 0.15) is 29.5 Å². The van der Waals surface area contributed by atoms with Crippen LogP contribution < -0.4 is 5.14 Å². The van der Waals surface area contributed by atoms with E-state index in [4.69, 9.17) is 10.2 Å². The molecule has 2 rings (SSSR count). The lowest BCUT2D eigenvalue weighted by Gasteiger charge is -2.07. The van der Waals surface area contributed by atoms with Gasteiger partial charge >= 0.3 is 5.97 Å². The summed E-state index contributed by atoms with van der Waals surface area (Å²) in [4.78, 5) is 15.4. The molecule has 21 heavy (non-hydrogen) atoms. The first-order chi connectivity index (χ1) is 9.81. The SMILES string of the molecule is CCc1nc2cc(C(=O)O)ccc2n1CCCS(N)(=O)=O. The van der Waals surface area contributed by atoms with Crippen LogP contribution in [0.2, 0.25) is 0 Å². The molecule has 8 heteroatoms. The highest BCUT2D eigenvalue weighted by molar-refractivity contribution is 7.89. The van der Waals surface area contributed by atoms with Gasteiger partial charge in [0.15, 0.2) is 0 Å². The Morgan fingerprint density at radius 3 is 2.71 bits per heavy atom. The highest BCUT2D eigenvalue weighted by atomic mass is 32.2. The maximum Gasteiger partial charge on any atom is 0.335 e. The number of nitrogens with two attached hydrogens (primary N) is 1. The molecule has 1 aromatic carbocycles. The molecule has 0 unspecified atom stereocenters. The van der Waals surface area contributed by atoms with Crippen molar-refractivity contribution in [3.63, 3.8) is 0 Å². The molecular formula is C13H17N3O4S. The molecule has 0 aliphatic heterocycles. The Morgan fingerprint density at radius 1 is 1.43 bits per heavy atom. The first-order valence-corrected chi connectivity index (χ1v) is 8.26. The van der Waals surface area contributed by atoms with Crippen molar-refractivity contribution in [3.05, 3.63) is 29.6 Å². The Kier molecular flexibility index (Phi) is 4.29. The summed E-state index contributed by atoms with van der Waals surface area (Å²) < 4.78 is 23.9. The van der Waals surface area contributed by atoms with E-state index in [9.17, 15) is 13.2 Å². The Balaban J connectivity index is 2.35. The quantitative estimate of drug-likeness (QED) is 0.825. The summed E-state index contributed by atoms with van der Waals surface area (Å²) in [5, 5.41) is 14.0. The van der Waals surface area contributed by atoms with E-state index in [-0.39, 0.29) is 11.3 Å². The van der Waals surface area contributed by atoms with Gasteiger partial charge in [-0.15, -0.1) is 0 Å². The molecule has 0 saturated heterocycles. The zero-order valence-corrected chi connectivity index (χ0v) is 12.4. The van der Waals surface area contributed by atoms with Crippen molar-refractivity contribution in [3.8, 4) is 0 Å². The third-order valence-electron chi connectivity index (χ3n) is 3.20. The number of benzene rings is 1. The van der Waals surface area contributed by atoms with Gasteiger partial charge in [0.2, 0.25) is 10.0 Å². The number of aromatic nitrogens is 2. The maximum atomic E-state index is 11.0. The van der Waals surface area contributed by atoms with Crippen molar-refractivity contribution in [2.75, 3.05) is 5.75 Å². The number of carboxylic acid groups (broad SMARTS) is 1. The summed E-state index contributed by atoms with van der Waals surface area (Å²) in [6.07, 6.45) is 1.06. The minimum Gasteiger partial charge on any atom is -0.478 e. The third-order valence-corrected chi connectivity index (χ3v) is 4.06. The fourth-order valence-corrected chi connectivity index (χ4v) is 2.79. The number of rotatable bonds is 6. The van der Waals surface area contributed by atoms with Crippen molar-refractivity contribution in [1.82, 2.24) is 9.55 Å². The fourth-order valence-electron chi connectivity index (χ4n) is 2.26. The van der Waals surface area contributed by atoms with Crippen LogP contribution >= 0.6 is 0 Å². The first-order valence-electron chi connectivity index (χ1n) is 6.54. The molecule has 0 amide bonds. The number of aryl methyl sites for hydroxylation is 2. The van der Waals surface area contributed by atoms with E-state index < -0.39 is 16.0 Å². The van der Waals surface area contributed by atoms with Gasteiger partial charge in [-0.25, -0.2) is 23.3 Å². The van der Waals surface area contributed by atoms with Crippen molar-refractivity contribution in [1.29, 1.82) is 0 Å². The van der Waals surface area contributed by atoms with Crippen LogP contribution in [-0.4, -0.2) is 34.8 Å². The largest absolute Gasteiger partial charge is 0.478 e. The highest BCUT2D eigenvalue weighted by Gasteiger charge is 2.12. The standard InChI is InChI=1S/C13H17N3O4S/c1-2-12-15-10-8-9(13(17)18)4-5-11(10)16(12)6-3-7-21(14,19)20/h4-5,8H,2-3,6-7H2,1H3,(H,17,18)(H2,14,19,20). The molecule has 0 saturated carbocycles. The van der Waals surface area contributed by atoms with Gasteiger partial charge in [-0.3, -0.25) is 0 Å². The normalized spacial score (nSPS) is 11.9. The number of primary sulfonamides is 1. The van der Waals surface area contributed by atoms with Crippen molar-refractivity contribution < 1.29 is 18.3 Å². The molecule has 1 aromatic heterocycles. The van der Waals surface area contributed by atoms with Gasteiger partial charge in [-0.1, -0.05) is 6.92 Å². The smallest absolute Gasteiger partial charge is 0.335 e. The average molecular weight is 311 g/mol. The van der Waals surface area contributed by atoms with Gasteiger partial charge < -0.3 is 9.67 Å². The van der Waals surface area contributed by atoms with Crippen LogP contribution in [0.3, 0.4) is 0 Å². The van der Waals surface area contributed by atoms with Crippen LogP contribution in [-0.2, 0) is 23.0 Å². The van der Waals surface area contributed by atoms with E-state index in [0.29, 0.717) is 24.9 Å². The second-order valence-corrected chi connectivity index (χ2v) is 6.50. The summed E-state index contributed by atoms with van der Waals surface area (Å²) in [5.74, 6) is -0.302. The minimum absolute atomic E-state index is 0.0942. The van der Waals surface area contributed by atoms with E-state index in [1.165, 1.54) is 12.1 Å². The summed E-state index contributed by atoms with van der Waals surface area (Å²) >= 11 is 0. The van der Waals surface area contributed by atoms with Crippen molar-refractivity contribution in [2.45, 2.75) is 26.3 Å². The minimum atomic E-state index is -3.48. The number of hydrogen-bond acceptors (Lipinski definition) is 4. The molecule has 2 aromatic rings. The van der Waals surface area contributed by atoms with Crippen molar-refractivity contribution in [2.24, 2.45) is 5.14 Å². The van der Waals surface area contributed by atoms with Crippen LogP contribution in [0.4, 0.5) is 0 Å². The lowest BCUT2D eigenvalue weighted by atomic mass is 10.2. The number of hydrogen-bond donors (Lipinski definition) is 2. The Hall–Kier alpha value is -1.93. The van der Waals surface area contributed by atoms with Crippen LogP contribution in [0, 0.1) is 0 Å². The third kappa shape index (κ3) is 3.59. The van der Waals surface area contributed by atoms with Gasteiger partial charge in [0.1, 0.15) is 5.82 Å². The number of carboxylic acids is 1. The van der Waals surface area contributed by atoms with Gasteiger partial charge in [0, 0.05) is 13.0 Å². The topological polar surface area (TPSA) is 115 Å². The number of sulfonamides is 1. The van der Waals surface area contributed by atoms with E-state index in [2.05, 4.69) is 4.98 Å². The summed E-state index contributed by atoms with van der Waals surface area (Å²) in [7, 11) is -3.48. The maximum absolute atomic E-state index is 11.0. The fraction of sp³-hybridized carbons (Fsp3) is 0.385. The lowest BCUT2D eigenvalue weighted by Crippen LogP contribution is -2.18. The molecule has 3 N–H and O–H groups in total. The average Bonchev–Trinajstić information content (AvgIpc) is 2.74. The van der Waals surface area contributed by atoms with E-state index >= 15 is 0 Å². The number of nitrogens with zero attached hydrogens (tertiary/aromatic N) is 2. The molecule has 1 heterocycles. The first kappa shape index (κ1) is 15.5. The number of aromatic carboxylic acids is 1. The summed E-state index contributed by atoms with van der Waals surface area (Å²) in [6, 6.07) is 4.73. The number of imidazole rings is 1. The summed E-state index contributed by atoms with van der Waals surface area (Å²) in [6.45, 7) is 2.41. The zero-order valence-electron chi connectivity index (χ0n) is 11.6. The van der Waals surface area contributed by atoms with Crippen LogP contribution in [0.25, 0.3) is 11.0 Å². The monoisotopic (exact) mass is 311 g/mol. The molecule has 7 nitrogen and oxygen atoms in total. The summed E-state index contributed by atoms with van der Waals surface area (Å²) in [5.41, 5.74) is 1.58. The van der Waals surface area contributed by atoms with Gasteiger partial charge in [0.05, 0.1) is 22.3 Å². The second kappa shape index (κ2) is 5.82. The Labute approximate surface area is 122 Å². The van der Waals surface area contributed by atoms with E-state index in [1.54, 1.807) is 6.07 Å². The Bertz CT molecular complexity index is 780.